The summed E-state index contributed by atoms with van der Waals surface area (Å²) in [5, 5.41) is 13.4. The van der Waals surface area contributed by atoms with Gasteiger partial charge < -0.3 is 9.97 Å². The molecule has 0 unspecified atom stereocenters. The predicted octanol–water partition coefficient (Wildman–Crippen LogP) is 13.8. The largest absolute Gasteiger partial charge is 0.354 e. The summed E-state index contributed by atoms with van der Waals surface area (Å²) in [6.07, 6.45) is 8.67. The lowest BCUT2D eigenvalue weighted by molar-refractivity contribution is 1.31. The number of benzene rings is 4. The molecule has 6 heteroatoms. The maximum Gasteiger partial charge on any atom is 0.0737 e. The lowest BCUT2D eigenvalue weighted by Crippen LogP contribution is -1.90. The van der Waals surface area contributed by atoms with E-state index < -0.39 is 0 Å². The summed E-state index contributed by atoms with van der Waals surface area (Å²) in [7, 11) is 0. The van der Waals surface area contributed by atoms with E-state index in [0.717, 1.165) is 89.4 Å². The Kier molecular flexibility index (Phi) is 7.18. The minimum Gasteiger partial charge on any atom is -0.354 e. The Balaban J connectivity index is 1.34. The number of nitrogens with one attached hydrogen (secondary N) is 2. The zero-order chi connectivity index (χ0) is 35.6. The second-order valence-corrected chi connectivity index (χ2v) is 15.1. The SMILES string of the molecule is C1=Cc2nc1c(-c1ccsc1)c1ccc([nH]1)c(-c1cccc3ccccc13)c1nc(c(-c3ccsc3)c3ccc([nH]3)c2-c2cccc3ccccc23)C=C1. The van der Waals surface area contributed by atoms with Gasteiger partial charge >= 0.3 is 0 Å². The standard InChI is InChI=1S/C48H30N4S2/c1-3-11-33-29(7-1)9-5-13-35(33)47-41-19-15-37(49-41)45(31-23-25-53-27-31)39-17-21-43(51-39)48(36-14-6-10-30-8-2-4-12-34(30)36)44-22-18-40(52-44)46(32-24-26-54-28-32)38-16-20-42(47)50-38/h1-28,49,52H. The van der Waals surface area contributed by atoms with Crippen molar-refractivity contribution in [1.29, 1.82) is 0 Å². The van der Waals surface area contributed by atoms with Crippen molar-refractivity contribution in [3.05, 3.63) is 166 Å². The molecule has 0 atom stereocenters. The van der Waals surface area contributed by atoms with Crippen molar-refractivity contribution < 1.29 is 0 Å². The van der Waals surface area contributed by atoms with E-state index in [0.29, 0.717) is 0 Å². The first-order valence-electron chi connectivity index (χ1n) is 17.9. The second kappa shape index (κ2) is 12.5. The topological polar surface area (TPSA) is 57.4 Å². The minimum atomic E-state index is 0.912. The van der Waals surface area contributed by atoms with Crippen molar-refractivity contribution in [2.24, 2.45) is 0 Å². The van der Waals surface area contributed by atoms with E-state index in [4.69, 9.17) is 9.97 Å². The first-order valence-corrected chi connectivity index (χ1v) is 19.8. The summed E-state index contributed by atoms with van der Waals surface area (Å²) in [6, 6.07) is 43.4. The Morgan fingerprint density at radius 3 is 1.19 bits per heavy atom. The normalized spacial score (nSPS) is 12.3. The fraction of sp³-hybridized carbons (Fsp3) is 0. The molecule has 0 fully saturated rings. The van der Waals surface area contributed by atoms with E-state index in [9.17, 15) is 0 Å². The van der Waals surface area contributed by atoms with Crippen LogP contribution in [0.15, 0.2) is 143 Å². The highest BCUT2D eigenvalue weighted by molar-refractivity contribution is 7.08. The van der Waals surface area contributed by atoms with Gasteiger partial charge in [-0.25, -0.2) is 9.97 Å². The number of thiophene rings is 2. The monoisotopic (exact) mass is 726 g/mol. The summed E-state index contributed by atoms with van der Waals surface area (Å²) in [5.74, 6) is 0. The molecule has 0 amide bonds. The fourth-order valence-corrected chi connectivity index (χ4v) is 9.37. The number of fused-ring (bicyclic) bond motifs is 10. The van der Waals surface area contributed by atoms with Crippen molar-refractivity contribution in [2.45, 2.75) is 0 Å². The minimum absolute atomic E-state index is 0.912. The first-order chi connectivity index (χ1) is 26.8. The number of aromatic nitrogens is 4. The van der Waals surface area contributed by atoms with Crippen LogP contribution in [-0.4, -0.2) is 19.9 Å². The summed E-state index contributed by atoms with van der Waals surface area (Å²) < 4.78 is 0. The molecule has 7 heterocycles. The van der Waals surface area contributed by atoms with E-state index in [-0.39, 0.29) is 0 Å². The second-order valence-electron chi connectivity index (χ2n) is 13.6. The zero-order valence-corrected chi connectivity index (χ0v) is 30.5. The van der Waals surface area contributed by atoms with Gasteiger partial charge in [-0.1, -0.05) is 84.9 Å². The van der Waals surface area contributed by atoms with Gasteiger partial charge in [0.25, 0.3) is 0 Å². The molecule has 0 saturated heterocycles. The molecule has 0 aliphatic carbocycles. The van der Waals surface area contributed by atoms with Crippen molar-refractivity contribution in [2.75, 3.05) is 0 Å². The molecule has 8 bridgehead atoms. The maximum absolute atomic E-state index is 5.47. The van der Waals surface area contributed by atoms with Gasteiger partial charge in [-0.05, 0) is 126 Å². The number of H-pyrrole nitrogens is 2. The summed E-state index contributed by atoms with van der Waals surface area (Å²) in [6.45, 7) is 0. The molecule has 2 aliphatic rings. The van der Waals surface area contributed by atoms with Crippen molar-refractivity contribution in [1.82, 2.24) is 19.9 Å². The number of aromatic amines is 2. The van der Waals surface area contributed by atoms with E-state index in [1.807, 2.05) is 0 Å². The average molecular weight is 727 g/mol. The lowest BCUT2D eigenvalue weighted by atomic mass is 9.97. The molecule has 9 aromatic rings. The molecule has 4 nitrogen and oxygen atoms in total. The molecule has 0 radical (unpaired) electrons. The van der Waals surface area contributed by atoms with Crippen LogP contribution in [0.25, 0.3) is 112 Å². The molecule has 54 heavy (non-hydrogen) atoms. The van der Waals surface area contributed by atoms with E-state index in [1.165, 1.54) is 21.5 Å². The third-order valence-corrected chi connectivity index (χ3v) is 11.9. The molecule has 4 aromatic carbocycles. The number of hydrogen-bond donors (Lipinski definition) is 2. The van der Waals surface area contributed by atoms with Crippen molar-refractivity contribution >= 4 is 90.6 Å². The zero-order valence-electron chi connectivity index (χ0n) is 28.9. The fourth-order valence-electron chi connectivity index (χ4n) is 8.08. The van der Waals surface area contributed by atoms with Gasteiger partial charge in [0.2, 0.25) is 0 Å². The van der Waals surface area contributed by atoms with Crippen LogP contribution in [0.1, 0.15) is 22.8 Å². The number of hydrogen-bond acceptors (Lipinski definition) is 4. The van der Waals surface area contributed by atoms with Crippen LogP contribution in [-0.2, 0) is 0 Å². The third-order valence-electron chi connectivity index (χ3n) is 10.5. The highest BCUT2D eigenvalue weighted by Gasteiger charge is 2.20. The van der Waals surface area contributed by atoms with Crippen LogP contribution in [0.4, 0.5) is 0 Å². The van der Waals surface area contributed by atoms with Crippen LogP contribution in [0.5, 0.6) is 0 Å². The van der Waals surface area contributed by atoms with Crippen LogP contribution in [0.3, 0.4) is 0 Å². The Bertz CT molecular complexity index is 2930. The summed E-state index contributed by atoms with van der Waals surface area (Å²) >= 11 is 3.39. The quantitative estimate of drug-likeness (QED) is 0.190. The van der Waals surface area contributed by atoms with Crippen LogP contribution in [0, 0.1) is 0 Å². The van der Waals surface area contributed by atoms with E-state index in [1.54, 1.807) is 22.7 Å². The lowest BCUT2D eigenvalue weighted by Gasteiger charge is -2.09. The smallest absolute Gasteiger partial charge is 0.0737 e. The maximum atomic E-state index is 5.47. The Morgan fingerprint density at radius 1 is 0.370 bits per heavy atom. The van der Waals surface area contributed by atoms with Gasteiger partial charge in [0.05, 0.1) is 22.8 Å². The average Bonchev–Trinajstić information content (AvgIpc) is 4.06. The molecule has 0 spiro atoms. The molecule has 11 rings (SSSR count). The van der Waals surface area contributed by atoms with Crippen molar-refractivity contribution in [3.8, 4) is 44.5 Å². The Morgan fingerprint density at radius 2 is 0.759 bits per heavy atom. The highest BCUT2D eigenvalue weighted by atomic mass is 32.1. The van der Waals surface area contributed by atoms with Gasteiger partial charge in [0, 0.05) is 44.3 Å². The van der Waals surface area contributed by atoms with Crippen molar-refractivity contribution in [3.63, 3.8) is 0 Å². The number of nitrogens with zero attached hydrogens (tertiary/aromatic N) is 2. The number of rotatable bonds is 4. The Hall–Kier alpha value is -6.60. The van der Waals surface area contributed by atoms with Gasteiger partial charge in [-0.15, -0.1) is 0 Å². The molecular weight excluding hydrogens is 697 g/mol. The van der Waals surface area contributed by atoms with Crippen LogP contribution >= 0.6 is 22.7 Å². The van der Waals surface area contributed by atoms with Gasteiger partial charge in [0.1, 0.15) is 0 Å². The molecule has 0 saturated carbocycles. The van der Waals surface area contributed by atoms with Gasteiger partial charge in [-0.3, -0.25) is 0 Å². The molecule has 254 valence electrons. The van der Waals surface area contributed by atoms with E-state index >= 15 is 0 Å². The molecule has 5 aromatic heterocycles. The van der Waals surface area contributed by atoms with Gasteiger partial charge in [0.15, 0.2) is 0 Å². The van der Waals surface area contributed by atoms with Gasteiger partial charge in [-0.2, -0.15) is 22.7 Å². The van der Waals surface area contributed by atoms with Crippen LogP contribution in [0.2, 0.25) is 0 Å². The summed E-state index contributed by atoms with van der Waals surface area (Å²) in [5.41, 5.74) is 16.4. The van der Waals surface area contributed by atoms with E-state index in [2.05, 4.69) is 177 Å². The molecule has 2 aliphatic heterocycles. The van der Waals surface area contributed by atoms with Crippen LogP contribution < -0.4 is 0 Å². The predicted molar refractivity (Wildman–Crippen MR) is 231 cm³/mol. The highest BCUT2D eigenvalue weighted by Crippen LogP contribution is 2.41. The third kappa shape index (κ3) is 5.03. The first kappa shape index (κ1) is 31.0. The molecular formula is C48H30N4S2. The molecule has 2 N–H and O–H groups in total. The summed E-state index contributed by atoms with van der Waals surface area (Å²) in [4.78, 5) is 18.7. The Labute approximate surface area is 319 Å².